The highest BCUT2D eigenvalue weighted by molar-refractivity contribution is 5.84. The maximum absolute atomic E-state index is 10.6. The van der Waals surface area contributed by atoms with Crippen LogP contribution >= 0.6 is 0 Å². The fourth-order valence-electron chi connectivity index (χ4n) is 1.12. The molecule has 0 saturated heterocycles. The second-order valence-electron chi connectivity index (χ2n) is 2.86. The molecule has 0 fully saturated rings. The Bertz CT molecular complexity index is 297. The number of carbonyl (C=O) groups is 1. The molecule has 13 heavy (non-hydrogen) atoms. The van der Waals surface area contributed by atoms with Crippen LogP contribution in [-0.2, 0) is 0 Å². The van der Waals surface area contributed by atoms with E-state index in [1.54, 1.807) is 6.07 Å². The number of aldehydes is 1. The van der Waals surface area contributed by atoms with Gasteiger partial charge in [-0.3, -0.25) is 4.79 Å². The van der Waals surface area contributed by atoms with Gasteiger partial charge >= 0.3 is 0 Å². The van der Waals surface area contributed by atoms with Gasteiger partial charge in [0.15, 0.2) is 6.29 Å². The summed E-state index contributed by atoms with van der Waals surface area (Å²) in [4.78, 5) is 10.6. The molecule has 3 heteroatoms. The van der Waals surface area contributed by atoms with E-state index in [-0.39, 0.29) is 6.61 Å². The smallest absolute Gasteiger partial charge is 0.152 e. The van der Waals surface area contributed by atoms with Crippen LogP contribution in [0.1, 0.15) is 15.9 Å². The number of carbonyl (C=O) groups excluding carboxylic acids is 1. The third-order valence-corrected chi connectivity index (χ3v) is 1.76. The van der Waals surface area contributed by atoms with Crippen LogP contribution in [0, 0.1) is 6.92 Å². The Morgan fingerprint density at radius 1 is 1.54 bits per heavy atom. The minimum atomic E-state index is 0.0617. The van der Waals surface area contributed by atoms with Gasteiger partial charge in [0, 0.05) is 17.8 Å². The molecule has 70 valence electrons. The van der Waals surface area contributed by atoms with Gasteiger partial charge in [0.1, 0.15) is 0 Å². The summed E-state index contributed by atoms with van der Waals surface area (Å²) in [5.74, 6) is 0. The fourth-order valence-corrected chi connectivity index (χ4v) is 1.12. The summed E-state index contributed by atoms with van der Waals surface area (Å²) in [6.07, 6.45) is 0.805. The molecule has 0 saturated carbocycles. The van der Waals surface area contributed by atoms with Gasteiger partial charge in [0.2, 0.25) is 0 Å². The molecule has 1 aromatic rings. The first-order valence-corrected chi connectivity index (χ1v) is 4.18. The Kier molecular flexibility index (Phi) is 3.46. The third kappa shape index (κ3) is 2.56. The molecule has 3 nitrogen and oxygen atoms in total. The first-order valence-electron chi connectivity index (χ1n) is 4.18. The Balaban J connectivity index is 2.87. The van der Waals surface area contributed by atoms with Crippen molar-refractivity contribution in [2.75, 3.05) is 18.5 Å². The molecule has 0 atom stereocenters. The van der Waals surface area contributed by atoms with E-state index in [4.69, 9.17) is 5.11 Å². The standard InChI is InChI=1S/C10H13NO2/c1-8-2-3-9(7-13)10(6-8)11-4-5-12/h2-3,6-7,11-12H,4-5H2,1H3. The third-order valence-electron chi connectivity index (χ3n) is 1.76. The Morgan fingerprint density at radius 2 is 2.31 bits per heavy atom. The second kappa shape index (κ2) is 4.62. The molecule has 0 amide bonds. The molecular formula is C10H13NO2. The molecule has 0 aromatic heterocycles. The monoisotopic (exact) mass is 179 g/mol. The van der Waals surface area contributed by atoms with E-state index < -0.39 is 0 Å². The van der Waals surface area contributed by atoms with E-state index in [1.807, 2.05) is 19.1 Å². The van der Waals surface area contributed by atoms with E-state index >= 15 is 0 Å². The molecule has 2 N–H and O–H groups in total. The zero-order valence-electron chi connectivity index (χ0n) is 7.58. The summed E-state index contributed by atoms with van der Waals surface area (Å²) in [5.41, 5.74) is 2.49. The topological polar surface area (TPSA) is 49.3 Å². The Labute approximate surface area is 77.4 Å². The molecule has 0 aliphatic heterocycles. The quantitative estimate of drug-likeness (QED) is 0.683. The number of benzene rings is 1. The van der Waals surface area contributed by atoms with Gasteiger partial charge in [0.25, 0.3) is 0 Å². The highest BCUT2D eigenvalue weighted by Gasteiger charge is 1.99. The average Bonchev–Trinajstić information content (AvgIpc) is 2.15. The molecule has 0 aliphatic rings. The molecule has 0 bridgehead atoms. The largest absolute Gasteiger partial charge is 0.395 e. The number of hydrogen-bond donors (Lipinski definition) is 2. The molecule has 0 aliphatic carbocycles. The molecule has 1 rings (SSSR count). The average molecular weight is 179 g/mol. The predicted molar refractivity (Wildman–Crippen MR) is 52.1 cm³/mol. The van der Waals surface area contributed by atoms with E-state index in [1.165, 1.54) is 0 Å². The molecule has 0 radical (unpaired) electrons. The number of aliphatic hydroxyl groups is 1. The van der Waals surface area contributed by atoms with Crippen molar-refractivity contribution in [1.29, 1.82) is 0 Å². The summed E-state index contributed by atoms with van der Waals surface area (Å²) in [7, 11) is 0. The first kappa shape index (κ1) is 9.74. The van der Waals surface area contributed by atoms with Crippen molar-refractivity contribution < 1.29 is 9.90 Å². The highest BCUT2D eigenvalue weighted by atomic mass is 16.3. The summed E-state index contributed by atoms with van der Waals surface area (Å²) in [5, 5.41) is 11.6. The van der Waals surface area contributed by atoms with Gasteiger partial charge in [0.05, 0.1) is 6.61 Å². The van der Waals surface area contributed by atoms with Crippen molar-refractivity contribution >= 4 is 12.0 Å². The van der Waals surface area contributed by atoms with Crippen molar-refractivity contribution in [2.45, 2.75) is 6.92 Å². The minimum Gasteiger partial charge on any atom is -0.395 e. The van der Waals surface area contributed by atoms with Crippen LogP contribution in [0.2, 0.25) is 0 Å². The molecule has 1 aromatic carbocycles. The van der Waals surface area contributed by atoms with Gasteiger partial charge in [-0.25, -0.2) is 0 Å². The molecule has 0 spiro atoms. The summed E-state index contributed by atoms with van der Waals surface area (Å²) < 4.78 is 0. The summed E-state index contributed by atoms with van der Waals surface area (Å²) in [6, 6.07) is 5.54. The lowest BCUT2D eigenvalue weighted by Crippen LogP contribution is -2.07. The van der Waals surface area contributed by atoms with Crippen LogP contribution in [0.25, 0.3) is 0 Å². The highest BCUT2D eigenvalue weighted by Crippen LogP contribution is 2.14. The van der Waals surface area contributed by atoms with E-state index in [0.717, 1.165) is 17.5 Å². The number of aliphatic hydroxyl groups excluding tert-OH is 1. The summed E-state index contributed by atoms with van der Waals surface area (Å²) in [6.45, 7) is 2.48. The molecule has 0 unspecified atom stereocenters. The van der Waals surface area contributed by atoms with Gasteiger partial charge in [-0.05, 0) is 24.6 Å². The maximum Gasteiger partial charge on any atom is 0.152 e. The van der Waals surface area contributed by atoms with Gasteiger partial charge in [-0.2, -0.15) is 0 Å². The normalized spacial score (nSPS) is 9.69. The number of rotatable bonds is 4. The van der Waals surface area contributed by atoms with Crippen LogP contribution in [-0.4, -0.2) is 24.5 Å². The van der Waals surface area contributed by atoms with Crippen molar-refractivity contribution in [3.8, 4) is 0 Å². The van der Waals surface area contributed by atoms with Crippen molar-refractivity contribution in [1.82, 2.24) is 0 Å². The molecule has 0 heterocycles. The zero-order valence-corrected chi connectivity index (χ0v) is 7.58. The van der Waals surface area contributed by atoms with Crippen LogP contribution < -0.4 is 5.32 Å². The number of hydrogen-bond acceptors (Lipinski definition) is 3. The maximum atomic E-state index is 10.6. The lowest BCUT2D eigenvalue weighted by molar-refractivity contribution is 0.112. The zero-order chi connectivity index (χ0) is 9.68. The lowest BCUT2D eigenvalue weighted by Gasteiger charge is -2.07. The molecular weight excluding hydrogens is 166 g/mol. The van der Waals surface area contributed by atoms with Crippen LogP contribution in [0.3, 0.4) is 0 Å². The van der Waals surface area contributed by atoms with E-state index in [2.05, 4.69) is 5.32 Å². The van der Waals surface area contributed by atoms with Crippen molar-refractivity contribution in [2.24, 2.45) is 0 Å². The van der Waals surface area contributed by atoms with Crippen molar-refractivity contribution in [3.05, 3.63) is 29.3 Å². The predicted octanol–water partition coefficient (Wildman–Crippen LogP) is 1.21. The number of aryl methyl sites for hydroxylation is 1. The van der Waals surface area contributed by atoms with E-state index in [0.29, 0.717) is 12.1 Å². The summed E-state index contributed by atoms with van der Waals surface area (Å²) >= 11 is 0. The fraction of sp³-hybridized carbons (Fsp3) is 0.300. The number of nitrogens with one attached hydrogen (secondary N) is 1. The van der Waals surface area contributed by atoms with Crippen LogP contribution in [0.4, 0.5) is 5.69 Å². The first-order chi connectivity index (χ1) is 6.27. The lowest BCUT2D eigenvalue weighted by atomic mass is 10.1. The van der Waals surface area contributed by atoms with E-state index in [9.17, 15) is 4.79 Å². The second-order valence-corrected chi connectivity index (χ2v) is 2.86. The van der Waals surface area contributed by atoms with Crippen LogP contribution in [0.5, 0.6) is 0 Å². The van der Waals surface area contributed by atoms with Gasteiger partial charge in [-0.15, -0.1) is 0 Å². The van der Waals surface area contributed by atoms with Gasteiger partial charge < -0.3 is 10.4 Å². The van der Waals surface area contributed by atoms with Crippen LogP contribution in [0.15, 0.2) is 18.2 Å². The SMILES string of the molecule is Cc1ccc(C=O)c(NCCO)c1. The van der Waals surface area contributed by atoms with Crippen molar-refractivity contribution in [3.63, 3.8) is 0 Å². The Morgan fingerprint density at radius 3 is 2.92 bits per heavy atom. The minimum absolute atomic E-state index is 0.0617. The van der Waals surface area contributed by atoms with Gasteiger partial charge in [-0.1, -0.05) is 6.07 Å². The number of anilines is 1. The Hall–Kier alpha value is -1.35.